The van der Waals surface area contributed by atoms with Crippen molar-refractivity contribution in [2.75, 3.05) is 14.2 Å². The van der Waals surface area contributed by atoms with E-state index in [9.17, 15) is 15.0 Å². The van der Waals surface area contributed by atoms with E-state index in [-0.39, 0.29) is 39.5 Å². The Bertz CT molecular complexity index is 1050. The van der Waals surface area contributed by atoms with Crippen LogP contribution in [0.2, 0.25) is 0 Å². The minimum atomic E-state index is -1.01. The summed E-state index contributed by atoms with van der Waals surface area (Å²) in [5.74, 6) is 0.251. The molecule has 1 aromatic heterocycles. The topological polar surface area (TPSA) is 98.4 Å². The zero-order valence-corrected chi connectivity index (χ0v) is 13.4. The van der Waals surface area contributed by atoms with Crippen molar-refractivity contribution in [1.29, 1.82) is 0 Å². The molecule has 25 heavy (non-hydrogen) atoms. The molecule has 2 N–H and O–H groups in total. The molecule has 2 heterocycles. The highest BCUT2D eigenvalue weighted by Gasteiger charge is 2.34. The van der Waals surface area contributed by atoms with E-state index >= 15 is 0 Å². The number of rotatable bonds is 2. The van der Waals surface area contributed by atoms with E-state index in [2.05, 4.69) is 0 Å². The summed E-state index contributed by atoms with van der Waals surface area (Å²) in [6, 6.07) is 7.50. The van der Waals surface area contributed by atoms with Crippen molar-refractivity contribution in [2.45, 2.75) is 6.29 Å². The summed E-state index contributed by atoms with van der Waals surface area (Å²) < 4.78 is 21.8. The number of hydrogen-bond acceptors (Lipinski definition) is 7. The quantitative estimate of drug-likeness (QED) is 0.739. The summed E-state index contributed by atoms with van der Waals surface area (Å²) >= 11 is 0. The van der Waals surface area contributed by atoms with Crippen molar-refractivity contribution >= 4 is 11.0 Å². The Kier molecular flexibility index (Phi) is 3.33. The van der Waals surface area contributed by atoms with E-state index in [4.69, 9.17) is 18.6 Å². The number of ether oxygens (including phenoxy) is 3. The smallest absolute Gasteiger partial charge is 0.260 e. The first-order valence-corrected chi connectivity index (χ1v) is 7.44. The van der Waals surface area contributed by atoms with Gasteiger partial charge < -0.3 is 28.8 Å². The van der Waals surface area contributed by atoms with Crippen LogP contribution in [0.15, 0.2) is 39.5 Å². The third-order valence-corrected chi connectivity index (χ3v) is 4.13. The third-order valence-electron chi connectivity index (χ3n) is 4.13. The van der Waals surface area contributed by atoms with E-state index in [1.807, 2.05) is 0 Å². The highest BCUT2D eigenvalue weighted by atomic mass is 16.7. The molecule has 1 aliphatic heterocycles. The van der Waals surface area contributed by atoms with Crippen LogP contribution in [-0.4, -0.2) is 24.4 Å². The molecule has 2 aromatic carbocycles. The van der Waals surface area contributed by atoms with Crippen LogP contribution in [-0.2, 0) is 4.74 Å². The zero-order chi connectivity index (χ0) is 17.7. The van der Waals surface area contributed by atoms with Gasteiger partial charge in [-0.3, -0.25) is 4.79 Å². The summed E-state index contributed by atoms with van der Waals surface area (Å²) in [7, 11) is 2.84. The van der Waals surface area contributed by atoms with Crippen LogP contribution in [0.1, 0.15) is 12.1 Å². The van der Waals surface area contributed by atoms with Gasteiger partial charge in [0.2, 0.25) is 5.43 Å². The normalized spacial score (nSPS) is 15.4. The van der Waals surface area contributed by atoms with Gasteiger partial charge in [0.05, 0.1) is 12.7 Å². The second kappa shape index (κ2) is 5.42. The lowest BCUT2D eigenvalue weighted by Crippen LogP contribution is -2.21. The fourth-order valence-corrected chi connectivity index (χ4v) is 2.99. The molecule has 0 bridgehead atoms. The van der Waals surface area contributed by atoms with Gasteiger partial charge in [-0.25, -0.2) is 0 Å². The molecule has 3 aromatic rings. The van der Waals surface area contributed by atoms with E-state index in [1.54, 1.807) is 12.1 Å². The molecular formula is C18H14O7. The maximum atomic E-state index is 13.1. The van der Waals surface area contributed by atoms with Gasteiger partial charge in [0.15, 0.2) is 17.3 Å². The first kappa shape index (κ1) is 15.3. The molecule has 0 amide bonds. The second-order valence-corrected chi connectivity index (χ2v) is 5.53. The Morgan fingerprint density at radius 3 is 2.64 bits per heavy atom. The molecule has 0 unspecified atom stereocenters. The SMILES string of the molecule is COc1cc(O)c2c(=O)c3c(oc2c1)[C@@H](OC)Oc1c(O)cccc1-3. The van der Waals surface area contributed by atoms with Gasteiger partial charge in [0.1, 0.15) is 22.5 Å². The first-order valence-electron chi connectivity index (χ1n) is 7.44. The number of phenols is 2. The van der Waals surface area contributed by atoms with Crippen molar-refractivity contribution in [1.82, 2.24) is 0 Å². The monoisotopic (exact) mass is 342 g/mol. The van der Waals surface area contributed by atoms with Crippen LogP contribution in [0.3, 0.4) is 0 Å². The molecule has 7 heteroatoms. The van der Waals surface area contributed by atoms with Gasteiger partial charge in [-0.05, 0) is 6.07 Å². The van der Waals surface area contributed by atoms with Gasteiger partial charge in [-0.2, -0.15) is 0 Å². The fourth-order valence-electron chi connectivity index (χ4n) is 2.99. The number of methoxy groups -OCH3 is 2. The first-order chi connectivity index (χ1) is 12.0. The summed E-state index contributed by atoms with van der Waals surface area (Å²) in [6.07, 6.45) is -1.01. The van der Waals surface area contributed by atoms with Gasteiger partial charge in [-0.15, -0.1) is 0 Å². The standard InChI is InChI=1S/C18H14O7/c1-22-8-6-11(20)14-12(7-8)24-17-13(15(14)21)9-4-3-5-10(19)16(9)25-18(17)23-2/h3-7,18-20H,1-2H3/t18-/m0/s1. The number of benzene rings is 2. The maximum absolute atomic E-state index is 13.1. The Morgan fingerprint density at radius 1 is 1.12 bits per heavy atom. The summed E-state index contributed by atoms with van der Waals surface area (Å²) in [5, 5.41) is 20.3. The van der Waals surface area contributed by atoms with Crippen LogP contribution >= 0.6 is 0 Å². The van der Waals surface area contributed by atoms with Crippen LogP contribution in [0, 0.1) is 0 Å². The van der Waals surface area contributed by atoms with E-state index in [0.717, 1.165) is 0 Å². The van der Waals surface area contributed by atoms with Crippen molar-refractivity contribution < 1.29 is 28.8 Å². The van der Waals surface area contributed by atoms with Crippen LogP contribution in [0.4, 0.5) is 0 Å². The predicted octanol–water partition coefficient (Wildman–Crippen LogP) is 2.92. The fraction of sp³-hybridized carbons (Fsp3) is 0.167. The lowest BCUT2D eigenvalue weighted by Gasteiger charge is -2.26. The van der Waals surface area contributed by atoms with Crippen LogP contribution in [0.5, 0.6) is 23.0 Å². The highest BCUT2D eigenvalue weighted by Crippen LogP contribution is 2.47. The molecule has 1 aliphatic rings. The lowest BCUT2D eigenvalue weighted by atomic mass is 9.98. The maximum Gasteiger partial charge on any atom is 0.260 e. The molecule has 0 spiro atoms. The third kappa shape index (κ3) is 2.13. The Labute approximate surface area is 141 Å². The predicted molar refractivity (Wildman–Crippen MR) is 88.2 cm³/mol. The van der Waals surface area contributed by atoms with Crippen molar-refractivity contribution in [3.8, 4) is 34.1 Å². The van der Waals surface area contributed by atoms with Crippen LogP contribution < -0.4 is 14.9 Å². The van der Waals surface area contributed by atoms with Crippen molar-refractivity contribution in [3.05, 3.63) is 46.3 Å². The molecule has 0 saturated carbocycles. The molecule has 0 saturated heterocycles. The second-order valence-electron chi connectivity index (χ2n) is 5.53. The number of aromatic hydroxyl groups is 2. The summed E-state index contributed by atoms with van der Waals surface area (Å²) in [4.78, 5) is 13.1. The summed E-state index contributed by atoms with van der Waals surface area (Å²) in [5.41, 5.74) is 0.245. The van der Waals surface area contributed by atoms with Gasteiger partial charge in [-0.1, -0.05) is 12.1 Å². The zero-order valence-electron chi connectivity index (χ0n) is 13.4. The molecule has 0 fully saturated rings. The minimum Gasteiger partial charge on any atom is -0.507 e. The summed E-state index contributed by atoms with van der Waals surface area (Å²) in [6.45, 7) is 0. The lowest BCUT2D eigenvalue weighted by molar-refractivity contribution is -0.0727. The largest absolute Gasteiger partial charge is 0.507 e. The van der Waals surface area contributed by atoms with E-state index in [1.165, 1.54) is 32.4 Å². The molecule has 0 aliphatic carbocycles. The molecule has 128 valence electrons. The Hall–Kier alpha value is -3.19. The number of para-hydroxylation sites is 1. The average molecular weight is 342 g/mol. The van der Waals surface area contributed by atoms with E-state index in [0.29, 0.717) is 11.3 Å². The molecule has 1 atom stereocenters. The molecular weight excluding hydrogens is 328 g/mol. The van der Waals surface area contributed by atoms with Gasteiger partial charge >= 0.3 is 0 Å². The van der Waals surface area contributed by atoms with Gasteiger partial charge in [0.25, 0.3) is 6.29 Å². The van der Waals surface area contributed by atoms with Crippen LogP contribution in [0.25, 0.3) is 22.1 Å². The number of fused-ring (bicyclic) bond motifs is 4. The van der Waals surface area contributed by atoms with E-state index < -0.39 is 11.7 Å². The van der Waals surface area contributed by atoms with Crippen molar-refractivity contribution in [2.24, 2.45) is 0 Å². The highest BCUT2D eigenvalue weighted by molar-refractivity contribution is 5.90. The number of hydrogen-bond donors (Lipinski definition) is 2. The minimum absolute atomic E-state index is 0.0191. The number of phenolic OH excluding ortho intramolecular Hbond substituents is 2. The van der Waals surface area contributed by atoms with Gasteiger partial charge in [0, 0.05) is 24.8 Å². The Morgan fingerprint density at radius 2 is 1.92 bits per heavy atom. The average Bonchev–Trinajstić information content (AvgIpc) is 2.60. The molecule has 0 radical (unpaired) electrons. The van der Waals surface area contributed by atoms with Crippen molar-refractivity contribution in [3.63, 3.8) is 0 Å². The molecule has 4 rings (SSSR count). The molecule has 7 nitrogen and oxygen atoms in total. The Balaban J connectivity index is 2.14.